The van der Waals surface area contributed by atoms with Gasteiger partial charge in [0.2, 0.25) is 17.7 Å². The van der Waals surface area contributed by atoms with Gasteiger partial charge in [0.05, 0.1) is 45.2 Å². The maximum atomic E-state index is 12.8. The highest BCUT2D eigenvalue weighted by atomic mass is 16.8. The molecular weight excluding hydrogens is 1160 g/mol. The summed E-state index contributed by atoms with van der Waals surface area (Å²) in [5.74, 6) is -2.47. The highest BCUT2D eigenvalue weighted by Gasteiger charge is 2.59. The molecule has 7 fully saturated rings. The summed E-state index contributed by atoms with van der Waals surface area (Å²) in [5, 5.41) is 204. The lowest BCUT2D eigenvalue weighted by atomic mass is 9.93. The van der Waals surface area contributed by atoms with Crippen LogP contribution in [0.1, 0.15) is 34.6 Å². The van der Waals surface area contributed by atoms with E-state index in [1.807, 2.05) is 0 Å². The van der Waals surface area contributed by atoms with Gasteiger partial charge in [0, 0.05) is 20.8 Å². The third-order valence-corrected chi connectivity index (χ3v) is 15.7. The largest absolute Gasteiger partial charge is 0.394 e. The van der Waals surface area contributed by atoms with Crippen molar-refractivity contribution in [3.05, 3.63) is 0 Å². The van der Waals surface area contributed by atoms with Crippen LogP contribution in [0.2, 0.25) is 0 Å². The van der Waals surface area contributed by atoms with Crippen LogP contribution in [0, 0.1) is 0 Å². The van der Waals surface area contributed by atoms with Crippen LogP contribution in [0.5, 0.6) is 0 Å². The molecule has 21 N–H and O–H groups in total. The van der Waals surface area contributed by atoms with Crippen molar-refractivity contribution in [2.75, 3.05) is 33.0 Å². The van der Waals surface area contributed by atoms with Gasteiger partial charge >= 0.3 is 0 Å². The van der Waals surface area contributed by atoms with E-state index in [9.17, 15) is 106 Å². The Morgan fingerprint density at radius 1 is 0.329 bits per heavy atom. The molecule has 3 amide bonds. The van der Waals surface area contributed by atoms with E-state index in [0.29, 0.717) is 0 Å². The highest BCUT2D eigenvalue weighted by molar-refractivity contribution is 5.74. The van der Waals surface area contributed by atoms with Gasteiger partial charge in [-0.25, -0.2) is 0 Å². The Bertz CT molecular complexity index is 2150. The highest BCUT2D eigenvalue weighted by Crippen LogP contribution is 2.38. The summed E-state index contributed by atoms with van der Waals surface area (Å²) in [6.07, 6.45) is -59.6. The average Bonchev–Trinajstić information content (AvgIpc) is 2.59. The fourth-order valence-electron chi connectivity index (χ4n) is 11.0. The van der Waals surface area contributed by atoms with E-state index in [1.165, 1.54) is 13.8 Å². The van der Waals surface area contributed by atoms with Gasteiger partial charge < -0.3 is 169 Å². The summed E-state index contributed by atoms with van der Waals surface area (Å²) < 4.78 is 75.9. The van der Waals surface area contributed by atoms with Gasteiger partial charge in [-0.1, -0.05) is 0 Å². The number of ether oxygens (including phenoxy) is 13. The summed E-state index contributed by atoms with van der Waals surface area (Å²) in [4.78, 5) is 37.7. The predicted octanol–water partition coefficient (Wildman–Crippen LogP) is -13.8. The first kappa shape index (κ1) is 69.6. The van der Waals surface area contributed by atoms with Gasteiger partial charge in [0.1, 0.15) is 159 Å². The number of carbonyl (C=O) groups is 3. The minimum absolute atomic E-state index is 0.744. The molecule has 0 radical (unpaired) electrons. The van der Waals surface area contributed by atoms with E-state index in [0.717, 1.165) is 20.8 Å². The van der Waals surface area contributed by atoms with Crippen molar-refractivity contribution in [2.45, 2.75) is 249 Å². The molecule has 7 rings (SSSR count). The number of hydrogen-bond donors (Lipinski definition) is 21. The molecule has 0 saturated carbocycles. The van der Waals surface area contributed by atoms with Crippen LogP contribution in [0.3, 0.4) is 0 Å². The van der Waals surface area contributed by atoms with E-state index in [-0.39, 0.29) is 0 Å². The second-order valence-electron chi connectivity index (χ2n) is 21.8. The van der Waals surface area contributed by atoms with Crippen molar-refractivity contribution < 1.29 is 168 Å². The minimum Gasteiger partial charge on any atom is -0.394 e. The zero-order valence-electron chi connectivity index (χ0n) is 46.3. The monoisotopic (exact) mass is 1240 g/mol. The zero-order chi connectivity index (χ0) is 62.8. The number of aliphatic hydroxyl groups excluding tert-OH is 18. The second-order valence-corrected chi connectivity index (χ2v) is 21.8. The van der Waals surface area contributed by atoms with Gasteiger partial charge in [-0.05, 0) is 13.8 Å². The Balaban J connectivity index is 1.13. The van der Waals surface area contributed by atoms with E-state index < -0.39 is 266 Å². The molecule has 0 aromatic carbocycles. The first-order chi connectivity index (χ1) is 40.1. The molecule has 7 aliphatic rings. The maximum absolute atomic E-state index is 12.8. The summed E-state index contributed by atoms with van der Waals surface area (Å²) in [6.45, 7) is 0.805. The molecule has 7 aliphatic heterocycles. The second kappa shape index (κ2) is 29.9. The van der Waals surface area contributed by atoms with E-state index in [1.54, 1.807) is 0 Å². The van der Waals surface area contributed by atoms with Gasteiger partial charge in [0.25, 0.3) is 0 Å². The normalized spacial score (nSPS) is 49.8. The fourth-order valence-corrected chi connectivity index (χ4v) is 11.0. The molecule has 37 heteroatoms. The average molecular weight is 1240 g/mol. The Kier molecular flexibility index (Phi) is 24.5. The fraction of sp³-hybridized carbons (Fsp3) is 0.938. The predicted molar refractivity (Wildman–Crippen MR) is 264 cm³/mol. The number of amides is 3. The van der Waals surface area contributed by atoms with Crippen LogP contribution >= 0.6 is 0 Å². The molecule has 0 spiro atoms. The van der Waals surface area contributed by atoms with Crippen molar-refractivity contribution >= 4 is 17.7 Å². The number of aliphatic hydroxyl groups is 18. The Hall–Kier alpha value is -2.83. The number of rotatable bonds is 20. The summed E-state index contributed by atoms with van der Waals surface area (Å²) in [6, 6.07) is -5.19. The Morgan fingerprint density at radius 2 is 0.718 bits per heavy atom. The van der Waals surface area contributed by atoms with Gasteiger partial charge in [-0.2, -0.15) is 0 Å². The Morgan fingerprint density at radius 3 is 1.28 bits per heavy atom. The van der Waals surface area contributed by atoms with Crippen molar-refractivity contribution in [2.24, 2.45) is 0 Å². The molecule has 0 aromatic rings. The van der Waals surface area contributed by atoms with Crippen LogP contribution in [0.4, 0.5) is 0 Å². The number of carbonyl (C=O) groups excluding carboxylic acids is 3. The van der Waals surface area contributed by atoms with Crippen molar-refractivity contribution in [3.8, 4) is 0 Å². The lowest BCUT2D eigenvalue weighted by Gasteiger charge is -2.51. The van der Waals surface area contributed by atoms with Gasteiger partial charge in [-0.3, -0.25) is 14.4 Å². The molecule has 37 nitrogen and oxygen atoms in total. The zero-order valence-corrected chi connectivity index (χ0v) is 46.3. The van der Waals surface area contributed by atoms with E-state index in [2.05, 4.69) is 16.0 Å². The first-order valence-electron chi connectivity index (χ1n) is 27.3. The van der Waals surface area contributed by atoms with Crippen molar-refractivity contribution in [1.82, 2.24) is 16.0 Å². The molecule has 0 aliphatic carbocycles. The van der Waals surface area contributed by atoms with Gasteiger partial charge in [0.15, 0.2) is 44.0 Å². The summed E-state index contributed by atoms with van der Waals surface area (Å²) >= 11 is 0. The summed E-state index contributed by atoms with van der Waals surface area (Å²) in [7, 11) is 0. The van der Waals surface area contributed by atoms with Crippen LogP contribution in [-0.4, -0.2) is 357 Å². The van der Waals surface area contributed by atoms with E-state index >= 15 is 0 Å². The summed E-state index contributed by atoms with van der Waals surface area (Å²) in [5.41, 5.74) is 0. The van der Waals surface area contributed by atoms with Crippen LogP contribution in [-0.2, 0) is 76.0 Å². The third-order valence-electron chi connectivity index (χ3n) is 15.7. The molecule has 0 aromatic heterocycles. The number of hydrogen-bond acceptors (Lipinski definition) is 34. The quantitative estimate of drug-likeness (QED) is 0.0538. The maximum Gasteiger partial charge on any atom is 0.217 e. The SMILES string of the molecule is CC(=O)N[C@H]1[C@H](O[C@H]2[C@H](O)[C@@H](NC(C)=O)C(O)O[C@@H]2CO[C@@H]2O[C@@H](C)[C@@H](O)[C@@H](O)[C@@H]2O)O[C@H](CO)[C@@H](O[C@@H]2O[C@H](CO)[C@@H](O)[C@H](O[C@H]3O[C@H](CO)[C@@H](O)[C@H](O)[C@@H]3O[C@@H]3O[C@H](CO)[C@@H](O)[C@H](O[C@@H]4O[C@@H](C)[C@@H](O)[C@@H](O)[C@@H]4O)[C@H]3NC(C)=O)[C@@H]2O)[C@@H]1O. The Labute approximate surface area is 483 Å². The van der Waals surface area contributed by atoms with Crippen LogP contribution in [0.25, 0.3) is 0 Å². The topological polar surface area (TPSA) is 571 Å². The lowest BCUT2D eigenvalue weighted by molar-refractivity contribution is -0.395. The number of nitrogens with one attached hydrogen (secondary N) is 3. The molecule has 7 saturated heterocycles. The third kappa shape index (κ3) is 15.3. The minimum atomic E-state index is -2.31. The molecular formula is C48H81N3O34. The first-order valence-corrected chi connectivity index (χ1v) is 27.3. The van der Waals surface area contributed by atoms with E-state index in [4.69, 9.17) is 61.6 Å². The molecule has 0 bridgehead atoms. The van der Waals surface area contributed by atoms with Crippen LogP contribution in [0.15, 0.2) is 0 Å². The van der Waals surface area contributed by atoms with Crippen molar-refractivity contribution in [1.29, 1.82) is 0 Å². The standard InChI is InChI=1S/C48H81N3O34/c1-11-24(59)31(66)34(69)45(74-11)73-10-20-38(29(64)21(42(72)76-20)49-13(3)56)81-43-22(50-14(4)57)30(65)37(19(9-55)80-43)82-47-36(71)40(28(63)18(8-54)78-47)84-48-41(33(68)26(61)16(6-52)79-48)85-44-23(51-15(5)58)39(27(62)17(7-53)77-44)83-46-35(70)32(67)25(60)12(2)75-46/h11-12,16-48,52-55,59-72H,6-10H2,1-5H3,(H,49,56)(H,50,57)(H,51,58)/t11-,12-,16+,17+,18+,19+,20+,21+,22+,23+,24+,25+,26+,27+,28+,29+,30+,31+,32+,33-,34-,35-,36-,37+,38+,39+,40-,41-,42?,43-,44-,45+,46-,47-,48+/m0/s1. The smallest absolute Gasteiger partial charge is 0.217 e. The molecule has 85 heavy (non-hydrogen) atoms. The molecule has 35 atom stereocenters. The molecule has 1 unspecified atom stereocenters. The lowest BCUT2D eigenvalue weighted by Crippen LogP contribution is -2.71. The van der Waals surface area contributed by atoms with Crippen LogP contribution < -0.4 is 16.0 Å². The van der Waals surface area contributed by atoms with Gasteiger partial charge in [-0.15, -0.1) is 0 Å². The molecule has 7 heterocycles. The molecule has 492 valence electrons. The van der Waals surface area contributed by atoms with Crippen molar-refractivity contribution in [3.63, 3.8) is 0 Å².